The first-order chi connectivity index (χ1) is 18.1. The van der Waals surface area contributed by atoms with Crippen LogP contribution >= 0.6 is 0 Å². The summed E-state index contributed by atoms with van der Waals surface area (Å²) in [4.78, 5) is 43.3. The SMILES string of the molecule is CC(C)C[C@@H](NC(=O)c1ccc2ccccc2c1)C(=O)N[C@@H]1CCCN(S(=O)(=O)c2ccccn2)CC1=O. The first-order valence-electron chi connectivity index (χ1n) is 12.7. The minimum Gasteiger partial charge on any atom is -0.344 e. The molecule has 2 amide bonds. The van der Waals surface area contributed by atoms with Crippen LogP contribution in [0.5, 0.6) is 0 Å². The molecule has 2 N–H and O–H groups in total. The summed E-state index contributed by atoms with van der Waals surface area (Å²) in [7, 11) is -3.93. The second-order valence-corrected chi connectivity index (χ2v) is 11.8. The summed E-state index contributed by atoms with van der Waals surface area (Å²) in [6.07, 6.45) is 2.45. The zero-order valence-corrected chi connectivity index (χ0v) is 22.3. The molecule has 0 bridgehead atoms. The first kappa shape index (κ1) is 27.4. The maximum Gasteiger partial charge on any atom is 0.260 e. The molecule has 0 spiro atoms. The van der Waals surface area contributed by atoms with E-state index >= 15 is 0 Å². The molecule has 1 fully saturated rings. The number of pyridine rings is 1. The zero-order chi connectivity index (χ0) is 27.3. The van der Waals surface area contributed by atoms with Gasteiger partial charge in [-0.25, -0.2) is 13.4 Å². The van der Waals surface area contributed by atoms with Crippen LogP contribution in [-0.2, 0) is 19.6 Å². The number of hydrogen-bond donors (Lipinski definition) is 2. The van der Waals surface area contributed by atoms with Crippen LogP contribution in [0.3, 0.4) is 0 Å². The number of nitrogens with zero attached hydrogens (tertiary/aromatic N) is 2. The molecular formula is C28H32N4O5S. The van der Waals surface area contributed by atoms with Crippen molar-refractivity contribution in [3.63, 3.8) is 0 Å². The number of carbonyl (C=O) groups is 3. The predicted molar refractivity (Wildman–Crippen MR) is 144 cm³/mol. The van der Waals surface area contributed by atoms with Crippen molar-refractivity contribution in [1.82, 2.24) is 19.9 Å². The summed E-state index contributed by atoms with van der Waals surface area (Å²) < 4.78 is 27.0. The first-order valence-corrected chi connectivity index (χ1v) is 14.1. The van der Waals surface area contributed by atoms with Gasteiger partial charge in [0.1, 0.15) is 6.04 Å². The van der Waals surface area contributed by atoms with E-state index in [1.165, 1.54) is 12.3 Å². The Balaban J connectivity index is 1.44. The normalized spacial score (nSPS) is 17.7. The number of sulfonamides is 1. The Morgan fingerprint density at radius 3 is 2.50 bits per heavy atom. The molecule has 1 aliphatic heterocycles. The third kappa shape index (κ3) is 6.43. The second-order valence-electron chi connectivity index (χ2n) is 9.89. The Labute approximate surface area is 222 Å². The van der Waals surface area contributed by atoms with Gasteiger partial charge < -0.3 is 10.6 Å². The number of carbonyl (C=O) groups excluding carboxylic acids is 3. The van der Waals surface area contributed by atoms with Crippen molar-refractivity contribution in [2.45, 2.75) is 50.2 Å². The van der Waals surface area contributed by atoms with Gasteiger partial charge in [-0.05, 0) is 60.2 Å². The lowest BCUT2D eigenvalue weighted by Crippen LogP contribution is -2.52. The van der Waals surface area contributed by atoms with E-state index < -0.39 is 33.8 Å². The maximum atomic E-state index is 13.3. The summed E-state index contributed by atoms with van der Waals surface area (Å²) in [5, 5.41) is 7.40. The quantitative estimate of drug-likeness (QED) is 0.456. The minimum atomic E-state index is -3.93. The number of amides is 2. The molecule has 10 heteroatoms. The second kappa shape index (κ2) is 11.8. The van der Waals surface area contributed by atoms with Crippen LogP contribution in [0.2, 0.25) is 0 Å². The molecule has 2 aromatic carbocycles. The number of ketones is 1. The number of nitrogens with one attached hydrogen (secondary N) is 2. The Bertz CT molecular complexity index is 1430. The molecule has 0 saturated carbocycles. The molecule has 1 aromatic heterocycles. The fourth-order valence-electron chi connectivity index (χ4n) is 4.53. The number of fused-ring (bicyclic) bond motifs is 1. The zero-order valence-electron chi connectivity index (χ0n) is 21.5. The van der Waals surface area contributed by atoms with Gasteiger partial charge in [-0.3, -0.25) is 14.4 Å². The number of Topliss-reactive ketones (excluding diaryl/α,β-unsaturated/α-hetero) is 1. The van der Waals surface area contributed by atoms with Crippen molar-refractivity contribution >= 4 is 38.4 Å². The van der Waals surface area contributed by atoms with E-state index in [-0.39, 0.29) is 29.9 Å². The lowest BCUT2D eigenvalue weighted by atomic mass is 10.0. The van der Waals surface area contributed by atoms with Crippen molar-refractivity contribution < 1.29 is 22.8 Å². The summed E-state index contributed by atoms with van der Waals surface area (Å²) in [5.41, 5.74) is 0.436. The molecule has 38 heavy (non-hydrogen) atoms. The van der Waals surface area contributed by atoms with Crippen LogP contribution in [0.15, 0.2) is 71.9 Å². The van der Waals surface area contributed by atoms with Crippen LogP contribution < -0.4 is 10.6 Å². The number of rotatable bonds is 8. The third-order valence-corrected chi connectivity index (χ3v) is 8.28. The van der Waals surface area contributed by atoms with Gasteiger partial charge >= 0.3 is 0 Å². The number of benzene rings is 2. The van der Waals surface area contributed by atoms with Gasteiger partial charge in [0.2, 0.25) is 5.91 Å². The number of hydrogen-bond acceptors (Lipinski definition) is 6. The van der Waals surface area contributed by atoms with E-state index in [0.717, 1.165) is 15.1 Å². The van der Waals surface area contributed by atoms with Crippen LogP contribution in [0, 0.1) is 5.92 Å². The summed E-state index contributed by atoms with van der Waals surface area (Å²) in [5.74, 6) is -1.14. The molecule has 0 aliphatic carbocycles. The van der Waals surface area contributed by atoms with E-state index in [2.05, 4.69) is 15.6 Å². The van der Waals surface area contributed by atoms with Crippen molar-refractivity contribution in [3.8, 4) is 0 Å². The molecule has 4 rings (SSSR count). The summed E-state index contributed by atoms with van der Waals surface area (Å²) >= 11 is 0. The highest BCUT2D eigenvalue weighted by atomic mass is 32.2. The van der Waals surface area contributed by atoms with Gasteiger partial charge in [0, 0.05) is 18.3 Å². The van der Waals surface area contributed by atoms with E-state index in [1.807, 2.05) is 44.2 Å². The van der Waals surface area contributed by atoms with E-state index in [1.54, 1.807) is 24.3 Å². The van der Waals surface area contributed by atoms with E-state index in [4.69, 9.17) is 0 Å². The monoisotopic (exact) mass is 536 g/mol. The lowest BCUT2D eigenvalue weighted by molar-refractivity contribution is -0.129. The highest BCUT2D eigenvalue weighted by molar-refractivity contribution is 7.89. The molecule has 1 aliphatic rings. The third-order valence-electron chi connectivity index (χ3n) is 6.52. The molecule has 0 unspecified atom stereocenters. The van der Waals surface area contributed by atoms with Crippen molar-refractivity contribution in [1.29, 1.82) is 0 Å². The average Bonchev–Trinajstić information content (AvgIpc) is 3.09. The minimum absolute atomic E-state index is 0.103. The molecule has 2 heterocycles. The Kier molecular flexibility index (Phi) is 8.53. The smallest absolute Gasteiger partial charge is 0.260 e. The molecule has 3 aromatic rings. The predicted octanol–water partition coefficient (Wildman–Crippen LogP) is 2.92. The Morgan fingerprint density at radius 1 is 1.05 bits per heavy atom. The average molecular weight is 537 g/mol. The molecule has 0 radical (unpaired) electrons. The maximum absolute atomic E-state index is 13.3. The molecule has 1 saturated heterocycles. The van der Waals surface area contributed by atoms with Gasteiger partial charge in [0.05, 0.1) is 12.6 Å². The van der Waals surface area contributed by atoms with E-state index in [9.17, 15) is 22.8 Å². The van der Waals surface area contributed by atoms with Gasteiger partial charge in [-0.15, -0.1) is 0 Å². The van der Waals surface area contributed by atoms with Gasteiger partial charge in [-0.1, -0.05) is 50.2 Å². The topological polar surface area (TPSA) is 126 Å². The van der Waals surface area contributed by atoms with Gasteiger partial charge in [-0.2, -0.15) is 4.31 Å². The van der Waals surface area contributed by atoms with Crippen LogP contribution in [0.25, 0.3) is 10.8 Å². The van der Waals surface area contributed by atoms with Crippen molar-refractivity contribution in [3.05, 3.63) is 72.4 Å². The number of aromatic nitrogens is 1. The lowest BCUT2D eigenvalue weighted by Gasteiger charge is -2.23. The molecule has 9 nitrogen and oxygen atoms in total. The summed E-state index contributed by atoms with van der Waals surface area (Å²) in [6.45, 7) is 3.67. The van der Waals surface area contributed by atoms with Crippen molar-refractivity contribution in [2.75, 3.05) is 13.1 Å². The molecule has 2 atom stereocenters. The molecule has 200 valence electrons. The Morgan fingerprint density at radius 2 is 1.79 bits per heavy atom. The van der Waals surface area contributed by atoms with Crippen LogP contribution in [0.1, 0.15) is 43.5 Å². The van der Waals surface area contributed by atoms with Crippen LogP contribution in [-0.4, -0.2) is 60.5 Å². The highest BCUT2D eigenvalue weighted by Gasteiger charge is 2.34. The highest BCUT2D eigenvalue weighted by Crippen LogP contribution is 2.19. The van der Waals surface area contributed by atoms with Gasteiger partial charge in [0.15, 0.2) is 10.8 Å². The Hall–Kier alpha value is -3.63. The van der Waals surface area contributed by atoms with Crippen molar-refractivity contribution in [2.24, 2.45) is 5.92 Å². The van der Waals surface area contributed by atoms with Gasteiger partial charge in [0.25, 0.3) is 15.9 Å². The molecular weight excluding hydrogens is 504 g/mol. The standard InChI is InChI=1S/C28H32N4O5S/c1-19(2)16-24(31-27(34)22-13-12-20-8-3-4-9-21(20)17-22)28(35)30-23-10-7-15-32(18-25(23)33)38(36,37)26-11-5-6-14-29-26/h3-6,8-9,11-14,17,19,23-24H,7,10,15-16,18H2,1-2H3,(H,30,35)(H,31,34)/t23-,24-/m1/s1. The van der Waals surface area contributed by atoms with E-state index in [0.29, 0.717) is 24.8 Å². The fourth-order valence-corrected chi connectivity index (χ4v) is 5.91. The van der Waals surface area contributed by atoms with Crippen LogP contribution in [0.4, 0.5) is 0 Å². The largest absolute Gasteiger partial charge is 0.344 e. The summed E-state index contributed by atoms with van der Waals surface area (Å²) in [6, 6.07) is 15.9. The fraction of sp³-hybridized carbons (Fsp3) is 0.357.